The van der Waals surface area contributed by atoms with E-state index in [1.165, 1.54) is 0 Å². The lowest BCUT2D eigenvalue weighted by molar-refractivity contribution is -0.120. The zero-order chi connectivity index (χ0) is 14.8. The van der Waals surface area contributed by atoms with Crippen LogP contribution in [-0.4, -0.2) is 18.7 Å². The molecule has 0 saturated heterocycles. The van der Waals surface area contributed by atoms with Crippen LogP contribution < -0.4 is 5.32 Å². The molecule has 0 unspecified atom stereocenters. The van der Waals surface area contributed by atoms with Gasteiger partial charge in [-0.3, -0.25) is 4.79 Å². The van der Waals surface area contributed by atoms with Gasteiger partial charge in [-0.25, -0.2) is 4.99 Å². The normalized spacial score (nSPS) is 15.4. The first kappa shape index (κ1) is 17.2. The predicted molar refractivity (Wildman–Crippen MR) is 79.8 cm³/mol. The summed E-state index contributed by atoms with van der Waals surface area (Å²) in [6.07, 6.45) is 5.21. The van der Waals surface area contributed by atoms with E-state index in [9.17, 15) is 4.79 Å². The van der Waals surface area contributed by atoms with Gasteiger partial charge in [-0.15, -0.1) is 0 Å². The number of amides is 1. The van der Waals surface area contributed by atoms with Crippen LogP contribution in [0.4, 0.5) is 0 Å². The van der Waals surface area contributed by atoms with Crippen molar-refractivity contribution in [3.05, 3.63) is 35.9 Å². The summed E-state index contributed by atoms with van der Waals surface area (Å²) in [5.41, 5.74) is 1.11. The highest BCUT2D eigenvalue weighted by Gasteiger charge is 2.12. The second-order valence-electron chi connectivity index (χ2n) is 4.51. The molecule has 0 aromatic rings. The number of hydrogen-bond donors (Lipinski definition) is 1. The van der Waals surface area contributed by atoms with Crippen LogP contribution in [0.2, 0.25) is 0 Å². The molecule has 1 aliphatic heterocycles. The van der Waals surface area contributed by atoms with Crippen molar-refractivity contribution in [2.24, 2.45) is 4.99 Å². The third kappa shape index (κ3) is 7.97. The number of allylic oxidation sites excluding steroid dienone is 4. The minimum Gasteiger partial charge on any atom is -0.496 e. The number of rotatable bonds is 4. The molecule has 0 saturated carbocycles. The van der Waals surface area contributed by atoms with Crippen molar-refractivity contribution in [3.8, 4) is 0 Å². The molecule has 4 nitrogen and oxygen atoms in total. The molecule has 0 spiro atoms. The third-order valence-electron chi connectivity index (χ3n) is 2.32. The first-order valence-electron chi connectivity index (χ1n) is 6.33. The van der Waals surface area contributed by atoms with E-state index in [4.69, 9.17) is 4.74 Å². The van der Waals surface area contributed by atoms with E-state index in [0.29, 0.717) is 12.2 Å². The third-order valence-corrected chi connectivity index (χ3v) is 2.32. The first-order chi connectivity index (χ1) is 8.90. The van der Waals surface area contributed by atoms with Gasteiger partial charge < -0.3 is 10.1 Å². The summed E-state index contributed by atoms with van der Waals surface area (Å²) in [7, 11) is 0. The average Bonchev–Trinajstić information content (AvgIpc) is 2.32. The van der Waals surface area contributed by atoms with Crippen LogP contribution in [0.3, 0.4) is 0 Å². The smallest absolute Gasteiger partial charge is 0.225 e. The highest BCUT2D eigenvalue weighted by atomic mass is 16.5. The molecular weight excluding hydrogens is 240 g/mol. The fourth-order valence-corrected chi connectivity index (χ4v) is 1.47. The molecule has 0 aromatic carbocycles. The SMILES string of the molecule is C=C/C=C(\C)OC(C)C.C=NC1=C(C)CCC(=O)N1. The van der Waals surface area contributed by atoms with Crippen LogP contribution in [0.25, 0.3) is 0 Å². The zero-order valence-electron chi connectivity index (χ0n) is 12.3. The molecule has 0 fully saturated rings. The van der Waals surface area contributed by atoms with Crippen molar-refractivity contribution >= 4 is 12.6 Å². The van der Waals surface area contributed by atoms with Gasteiger partial charge in [-0.2, -0.15) is 0 Å². The highest BCUT2D eigenvalue weighted by Crippen LogP contribution is 2.14. The Balaban J connectivity index is 0.000000344. The lowest BCUT2D eigenvalue weighted by Gasteiger charge is -2.13. The molecule has 4 heteroatoms. The minimum atomic E-state index is 0.0352. The Morgan fingerprint density at radius 3 is 2.53 bits per heavy atom. The van der Waals surface area contributed by atoms with Gasteiger partial charge in [0.25, 0.3) is 0 Å². The van der Waals surface area contributed by atoms with Gasteiger partial charge >= 0.3 is 0 Å². The van der Waals surface area contributed by atoms with E-state index in [1.807, 2.05) is 33.8 Å². The lowest BCUT2D eigenvalue weighted by atomic mass is 10.1. The Labute approximate surface area is 115 Å². The van der Waals surface area contributed by atoms with Crippen molar-refractivity contribution in [1.29, 1.82) is 0 Å². The second-order valence-corrected chi connectivity index (χ2v) is 4.51. The lowest BCUT2D eigenvalue weighted by Crippen LogP contribution is -2.26. The van der Waals surface area contributed by atoms with E-state index in [-0.39, 0.29) is 12.0 Å². The van der Waals surface area contributed by atoms with Crippen LogP contribution in [0.5, 0.6) is 0 Å². The summed E-state index contributed by atoms with van der Waals surface area (Å²) < 4.78 is 5.28. The summed E-state index contributed by atoms with van der Waals surface area (Å²) >= 11 is 0. The van der Waals surface area contributed by atoms with Crippen molar-refractivity contribution < 1.29 is 9.53 Å². The number of nitrogens with zero attached hydrogens (tertiary/aromatic N) is 1. The Kier molecular flexibility index (Phi) is 8.25. The number of carbonyl (C=O) groups is 1. The molecule has 106 valence electrons. The largest absolute Gasteiger partial charge is 0.496 e. The quantitative estimate of drug-likeness (QED) is 0.481. The zero-order valence-corrected chi connectivity index (χ0v) is 12.3. The summed E-state index contributed by atoms with van der Waals surface area (Å²) in [5.74, 6) is 1.59. The summed E-state index contributed by atoms with van der Waals surface area (Å²) in [6, 6.07) is 0. The average molecular weight is 264 g/mol. The van der Waals surface area contributed by atoms with Gasteiger partial charge in [0.05, 0.1) is 11.9 Å². The van der Waals surface area contributed by atoms with Crippen molar-refractivity contribution in [1.82, 2.24) is 5.32 Å². The highest BCUT2D eigenvalue weighted by molar-refractivity contribution is 5.79. The van der Waals surface area contributed by atoms with E-state index >= 15 is 0 Å². The van der Waals surface area contributed by atoms with Crippen LogP contribution >= 0.6 is 0 Å². The summed E-state index contributed by atoms with van der Waals surface area (Å²) in [4.78, 5) is 14.4. The maximum Gasteiger partial charge on any atom is 0.225 e. The van der Waals surface area contributed by atoms with Crippen molar-refractivity contribution in [2.45, 2.75) is 46.6 Å². The van der Waals surface area contributed by atoms with Gasteiger partial charge in [0.1, 0.15) is 5.82 Å². The second kappa shape index (κ2) is 9.14. The Morgan fingerprint density at radius 2 is 2.11 bits per heavy atom. The predicted octanol–water partition coefficient (Wildman–Crippen LogP) is 3.33. The van der Waals surface area contributed by atoms with Gasteiger partial charge in [0.15, 0.2) is 0 Å². The topological polar surface area (TPSA) is 50.7 Å². The van der Waals surface area contributed by atoms with E-state index in [1.54, 1.807) is 6.08 Å². The van der Waals surface area contributed by atoms with Crippen LogP contribution in [0.15, 0.2) is 40.9 Å². The summed E-state index contributed by atoms with van der Waals surface area (Å²) in [5, 5.41) is 2.63. The van der Waals surface area contributed by atoms with Crippen molar-refractivity contribution in [2.75, 3.05) is 0 Å². The monoisotopic (exact) mass is 264 g/mol. The summed E-state index contributed by atoms with van der Waals surface area (Å²) in [6.45, 7) is 14.8. The fraction of sp³-hybridized carbons (Fsp3) is 0.467. The maximum absolute atomic E-state index is 10.7. The molecule has 1 amide bonds. The number of hydrogen-bond acceptors (Lipinski definition) is 3. The van der Waals surface area contributed by atoms with E-state index in [0.717, 1.165) is 17.8 Å². The fourth-order valence-electron chi connectivity index (χ4n) is 1.47. The Bertz CT molecular complexity index is 393. The van der Waals surface area contributed by atoms with Crippen LogP contribution in [-0.2, 0) is 9.53 Å². The maximum atomic E-state index is 10.7. The molecule has 1 N–H and O–H groups in total. The van der Waals surface area contributed by atoms with E-state index in [2.05, 4.69) is 23.6 Å². The molecule has 1 heterocycles. The van der Waals surface area contributed by atoms with Gasteiger partial charge in [-0.1, -0.05) is 12.7 Å². The molecule has 1 rings (SSSR count). The first-order valence-corrected chi connectivity index (χ1v) is 6.33. The number of aliphatic imine (C=N–C) groups is 1. The molecule has 0 aliphatic carbocycles. The van der Waals surface area contributed by atoms with Gasteiger partial charge in [0.2, 0.25) is 5.91 Å². The van der Waals surface area contributed by atoms with Gasteiger partial charge in [-0.05, 0) is 52.5 Å². The van der Waals surface area contributed by atoms with Crippen LogP contribution in [0, 0.1) is 0 Å². The molecule has 0 bridgehead atoms. The number of carbonyl (C=O) groups excluding carboxylic acids is 1. The molecular formula is C15H24N2O2. The minimum absolute atomic E-state index is 0.0352. The van der Waals surface area contributed by atoms with Gasteiger partial charge in [0, 0.05) is 6.42 Å². The Morgan fingerprint density at radius 1 is 1.47 bits per heavy atom. The molecule has 0 aromatic heterocycles. The van der Waals surface area contributed by atoms with Crippen LogP contribution in [0.1, 0.15) is 40.5 Å². The standard InChI is InChI=1S/C8H14O.C7H10N2O/c1-5-6-8(4)9-7(2)3;1-5-3-4-6(10)9-7(5)8-2/h5-7H,1H2,2-4H3;2-4H2,1H3,(H,9,10)/b8-6+;. The van der Waals surface area contributed by atoms with Crippen molar-refractivity contribution in [3.63, 3.8) is 0 Å². The van der Waals surface area contributed by atoms with E-state index < -0.39 is 0 Å². The molecule has 0 radical (unpaired) electrons. The molecule has 19 heavy (non-hydrogen) atoms. The molecule has 0 atom stereocenters. The number of nitrogens with one attached hydrogen (secondary N) is 1. The Hall–Kier alpha value is -1.84. The molecule has 1 aliphatic rings. The number of ether oxygens (including phenoxy) is 1.